The number of aryl methyl sites for hydroxylation is 1. The molecule has 8 heteroatoms. The van der Waals surface area contributed by atoms with E-state index in [1.807, 2.05) is 18.2 Å². The Kier molecular flexibility index (Phi) is 6.44. The van der Waals surface area contributed by atoms with E-state index in [2.05, 4.69) is 15.6 Å². The van der Waals surface area contributed by atoms with Crippen LogP contribution in [0.25, 0.3) is 11.0 Å². The fourth-order valence-electron chi connectivity index (χ4n) is 3.43. The molecule has 0 saturated heterocycles. The molecule has 4 aromatic rings. The van der Waals surface area contributed by atoms with Crippen LogP contribution in [0.1, 0.15) is 27.2 Å². The minimum atomic E-state index is -0.446. The average molecular weight is 468 g/mol. The number of hydrogen-bond donors (Lipinski definition) is 2. The number of anilines is 1. The summed E-state index contributed by atoms with van der Waals surface area (Å²) >= 11 is 12.3. The maximum Gasteiger partial charge on any atom is 0.258 e. The lowest BCUT2D eigenvalue weighted by molar-refractivity contribution is -0.120. The molecule has 0 unspecified atom stereocenters. The monoisotopic (exact) mass is 467 g/mol. The van der Waals surface area contributed by atoms with Gasteiger partial charge in [-0.05, 0) is 36.8 Å². The first-order valence-electron chi connectivity index (χ1n) is 9.86. The fourth-order valence-corrected chi connectivity index (χ4v) is 4.00. The van der Waals surface area contributed by atoms with Gasteiger partial charge in [0.15, 0.2) is 5.58 Å². The van der Waals surface area contributed by atoms with Crippen molar-refractivity contribution in [3.05, 3.63) is 93.4 Å². The second-order valence-corrected chi connectivity index (χ2v) is 8.00. The average Bonchev–Trinajstić information content (AvgIpc) is 3.09. The quantitative estimate of drug-likeness (QED) is 0.389. The minimum Gasteiger partial charge on any atom is -0.459 e. The SMILES string of the molecule is Cc1oc2c(NC(=O)c3c(Cl)cccc3Cl)cccc2c1CC(=O)NCc1cccnc1. The summed E-state index contributed by atoms with van der Waals surface area (Å²) in [5, 5.41) is 6.96. The van der Waals surface area contributed by atoms with Gasteiger partial charge in [0, 0.05) is 29.9 Å². The molecular formula is C24H19Cl2N3O3. The van der Waals surface area contributed by atoms with Gasteiger partial charge in [0.1, 0.15) is 5.76 Å². The Morgan fingerprint density at radius 2 is 1.78 bits per heavy atom. The van der Waals surface area contributed by atoms with Gasteiger partial charge >= 0.3 is 0 Å². The van der Waals surface area contributed by atoms with Crippen molar-refractivity contribution in [1.82, 2.24) is 10.3 Å². The Bertz CT molecular complexity index is 1280. The van der Waals surface area contributed by atoms with Crippen molar-refractivity contribution < 1.29 is 14.0 Å². The highest BCUT2D eigenvalue weighted by molar-refractivity contribution is 6.40. The number of aromatic nitrogens is 1. The summed E-state index contributed by atoms with van der Waals surface area (Å²) in [6.45, 7) is 2.18. The molecule has 0 aliphatic heterocycles. The molecule has 0 aliphatic carbocycles. The first kappa shape index (κ1) is 21.9. The van der Waals surface area contributed by atoms with Gasteiger partial charge in [0.05, 0.1) is 27.7 Å². The molecule has 0 fully saturated rings. The molecule has 0 saturated carbocycles. The number of amides is 2. The van der Waals surface area contributed by atoms with E-state index in [1.165, 1.54) is 0 Å². The number of hydrogen-bond acceptors (Lipinski definition) is 4. The van der Waals surface area contributed by atoms with E-state index in [4.69, 9.17) is 27.6 Å². The van der Waals surface area contributed by atoms with Crippen LogP contribution in [-0.2, 0) is 17.8 Å². The van der Waals surface area contributed by atoms with Gasteiger partial charge < -0.3 is 15.1 Å². The third-order valence-corrected chi connectivity index (χ3v) is 5.64. The lowest BCUT2D eigenvalue weighted by atomic mass is 10.1. The zero-order valence-electron chi connectivity index (χ0n) is 17.1. The Hall–Kier alpha value is -3.35. The van der Waals surface area contributed by atoms with E-state index in [9.17, 15) is 9.59 Å². The van der Waals surface area contributed by atoms with Crippen LogP contribution in [0.15, 0.2) is 65.3 Å². The zero-order valence-corrected chi connectivity index (χ0v) is 18.6. The van der Waals surface area contributed by atoms with E-state index in [-0.39, 0.29) is 27.9 Å². The lowest BCUT2D eigenvalue weighted by Gasteiger charge is -2.09. The van der Waals surface area contributed by atoms with E-state index in [0.717, 1.165) is 16.5 Å². The summed E-state index contributed by atoms with van der Waals surface area (Å²) in [6, 6.07) is 14.0. The first-order valence-corrected chi connectivity index (χ1v) is 10.6. The van der Waals surface area contributed by atoms with Crippen molar-refractivity contribution in [1.29, 1.82) is 0 Å². The number of pyridine rings is 1. The second kappa shape index (κ2) is 9.42. The van der Waals surface area contributed by atoms with Crippen LogP contribution >= 0.6 is 23.2 Å². The molecule has 0 bridgehead atoms. The molecule has 2 aromatic carbocycles. The van der Waals surface area contributed by atoms with Gasteiger partial charge in [-0.25, -0.2) is 0 Å². The predicted octanol–water partition coefficient (Wildman–Crippen LogP) is 5.55. The number of furan rings is 1. The molecular weight excluding hydrogens is 449 g/mol. The van der Waals surface area contributed by atoms with E-state index in [0.29, 0.717) is 23.6 Å². The lowest BCUT2D eigenvalue weighted by Crippen LogP contribution is -2.24. The number of rotatable bonds is 6. The summed E-state index contributed by atoms with van der Waals surface area (Å²) in [7, 11) is 0. The Morgan fingerprint density at radius 1 is 1.03 bits per heavy atom. The molecule has 2 amide bonds. The molecule has 32 heavy (non-hydrogen) atoms. The highest BCUT2D eigenvalue weighted by Crippen LogP contribution is 2.33. The number of fused-ring (bicyclic) bond motifs is 1. The standard InChI is InChI=1S/C24H19Cl2N3O3/c1-14-17(11-21(30)28-13-15-5-4-10-27-12-15)16-6-2-9-20(23(16)32-14)29-24(31)22-18(25)7-3-8-19(22)26/h2-10,12H,11,13H2,1H3,(H,28,30)(H,29,31). The van der Waals surface area contributed by atoms with Crippen LogP contribution in [-0.4, -0.2) is 16.8 Å². The van der Waals surface area contributed by atoms with E-state index in [1.54, 1.807) is 49.6 Å². The van der Waals surface area contributed by atoms with Gasteiger partial charge in [-0.15, -0.1) is 0 Å². The van der Waals surface area contributed by atoms with Crippen molar-refractivity contribution in [3.8, 4) is 0 Å². The molecule has 162 valence electrons. The van der Waals surface area contributed by atoms with Crippen molar-refractivity contribution in [2.45, 2.75) is 19.9 Å². The van der Waals surface area contributed by atoms with Crippen molar-refractivity contribution in [2.24, 2.45) is 0 Å². The normalized spacial score (nSPS) is 10.8. The summed E-state index contributed by atoms with van der Waals surface area (Å²) < 4.78 is 5.92. The van der Waals surface area contributed by atoms with Gasteiger partial charge in [0.2, 0.25) is 5.91 Å². The van der Waals surface area contributed by atoms with Crippen molar-refractivity contribution >= 4 is 51.7 Å². The fraction of sp³-hybridized carbons (Fsp3) is 0.125. The highest BCUT2D eigenvalue weighted by atomic mass is 35.5. The molecule has 4 rings (SSSR count). The van der Waals surface area contributed by atoms with Crippen LogP contribution < -0.4 is 10.6 Å². The van der Waals surface area contributed by atoms with Gasteiger partial charge in [-0.1, -0.05) is 47.5 Å². The molecule has 6 nitrogen and oxygen atoms in total. The van der Waals surface area contributed by atoms with E-state index < -0.39 is 5.91 Å². The largest absolute Gasteiger partial charge is 0.459 e. The maximum atomic E-state index is 12.8. The number of nitrogens with one attached hydrogen (secondary N) is 2. The number of carbonyl (C=O) groups excluding carboxylic acids is 2. The van der Waals surface area contributed by atoms with E-state index >= 15 is 0 Å². The summed E-state index contributed by atoms with van der Waals surface area (Å²) in [6.07, 6.45) is 3.54. The Morgan fingerprint density at radius 3 is 2.50 bits per heavy atom. The molecule has 0 aliphatic rings. The highest BCUT2D eigenvalue weighted by Gasteiger charge is 2.20. The number of halogens is 2. The molecule has 0 atom stereocenters. The summed E-state index contributed by atoms with van der Waals surface area (Å²) in [4.78, 5) is 29.4. The smallest absolute Gasteiger partial charge is 0.258 e. The zero-order chi connectivity index (χ0) is 22.7. The third kappa shape index (κ3) is 4.61. The Labute approximate surface area is 194 Å². The van der Waals surface area contributed by atoms with Crippen molar-refractivity contribution in [2.75, 3.05) is 5.32 Å². The molecule has 2 N–H and O–H groups in total. The summed E-state index contributed by atoms with van der Waals surface area (Å²) in [5.41, 5.74) is 2.81. The van der Waals surface area contributed by atoms with Gasteiger partial charge in [-0.2, -0.15) is 0 Å². The van der Waals surface area contributed by atoms with Gasteiger partial charge in [-0.3, -0.25) is 14.6 Å². The molecule has 0 radical (unpaired) electrons. The number of carbonyl (C=O) groups is 2. The second-order valence-electron chi connectivity index (χ2n) is 7.18. The minimum absolute atomic E-state index is 0.142. The van der Waals surface area contributed by atoms with Crippen LogP contribution in [0.2, 0.25) is 10.0 Å². The molecule has 0 spiro atoms. The first-order chi connectivity index (χ1) is 15.4. The molecule has 2 aromatic heterocycles. The van der Waals surface area contributed by atoms with Crippen LogP contribution in [0.5, 0.6) is 0 Å². The predicted molar refractivity (Wildman–Crippen MR) is 125 cm³/mol. The van der Waals surface area contributed by atoms with Crippen LogP contribution in [0.3, 0.4) is 0 Å². The summed E-state index contributed by atoms with van der Waals surface area (Å²) in [5.74, 6) is 0.0175. The molecule has 2 heterocycles. The maximum absolute atomic E-state index is 12.8. The number of benzene rings is 2. The van der Waals surface area contributed by atoms with Crippen LogP contribution in [0.4, 0.5) is 5.69 Å². The number of nitrogens with zero attached hydrogens (tertiary/aromatic N) is 1. The third-order valence-electron chi connectivity index (χ3n) is 5.01. The van der Waals surface area contributed by atoms with Crippen LogP contribution in [0, 0.1) is 6.92 Å². The van der Waals surface area contributed by atoms with Gasteiger partial charge in [0.25, 0.3) is 5.91 Å². The van der Waals surface area contributed by atoms with Crippen molar-refractivity contribution in [3.63, 3.8) is 0 Å². The number of para-hydroxylation sites is 1. The Balaban J connectivity index is 1.55. The topological polar surface area (TPSA) is 84.2 Å².